The molecule has 0 aliphatic heterocycles. The summed E-state index contributed by atoms with van der Waals surface area (Å²) in [6.45, 7) is 6.51. The third kappa shape index (κ3) is 3.02. The molecule has 20 heavy (non-hydrogen) atoms. The Kier molecular flexibility index (Phi) is 4.13. The van der Waals surface area contributed by atoms with E-state index >= 15 is 0 Å². The third-order valence-corrected chi connectivity index (χ3v) is 3.56. The van der Waals surface area contributed by atoms with Crippen LogP contribution in [0.25, 0.3) is 0 Å². The Morgan fingerprint density at radius 1 is 1.15 bits per heavy atom. The summed E-state index contributed by atoms with van der Waals surface area (Å²) in [4.78, 5) is 10.9. The number of rotatable bonds is 5. The lowest BCUT2D eigenvalue weighted by Gasteiger charge is -2.13. The van der Waals surface area contributed by atoms with Crippen molar-refractivity contribution < 1.29 is 9.90 Å². The normalized spacial score (nSPS) is 12.2. The van der Waals surface area contributed by atoms with Crippen LogP contribution in [0.2, 0.25) is 0 Å². The average Bonchev–Trinajstić information content (AvgIpc) is 2.75. The van der Waals surface area contributed by atoms with Gasteiger partial charge in [-0.15, -0.1) is 0 Å². The predicted octanol–water partition coefficient (Wildman–Crippen LogP) is 3.04. The van der Waals surface area contributed by atoms with Gasteiger partial charge in [0.2, 0.25) is 0 Å². The number of benzene rings is 1. The second-order valence-corrected chi connectivity index (χ2v) is 5.09. The Morgan fingerprint density at radius 2 is 1.70 bits per heavy atom. The van der Waals surface area contributed by atoms with Crippen LogP contribution in [0.4, 0.5) is 0 Å². The number of nitrogens with zero attached hydrogens (tertiary/aromatic N) is 1. The summed E-state index contributed by atoms with van der Waals surface area (Å²) in [6.07, 6.45) is 0. The van der Waals surface area contributed by atoms with E-state index in [-0.39, 0.29) is 0 Å². The third-order valence-electron chi connectivity index (χ3n) is 3.56. The van der Waals surface area contributed by atoms with Gasteiger partial charge in [0, 0.05) is 11.4 Å². The first-order valence-corrected chi connectivity index (χ1v) is 6.69. The number of hydrogen-bond donors (Lipinski definition) is 2. The molecule has 0 amide bonds. The summed E-state index contributed by atoms with van der Waals surface area (Å²) in [5, 5.41) is 8.98. The molecular formula is C16H20N2O2. The Labute approximate surface area is 119 Å². The van der Waals surface area contributed by atoms with E-state index in [2.05, 4.69) is 31.4 Å². The first-order valence-electron chi connectivity index (χ1n) is 6.69. The summed E-state index contributed by atoms with van der Waals surface area (Å²) in [5.74, 6) is -1.26. The van der Waals surface area contributed by atoms with Crippen molar-refractivity contribution in [2.45, 2.75) is 33.2 Å². The lowest BCUT2D eigenvalue weighted by atomic mass is 10.0. The molecule has 0 radical (unpaired) electrons. The number of aryl methyl sites for hydroxylation is 2. The highest BCUT2D eigenvalue weighted by molar-refractivity contribution is 5.75. The molecule has 2 N–H and O–H groups in total. The van der Waals surface area contributed by atoms with Crippen molar-refractivity contribution in [3.63, 3.8) is 0 Å². The minimum atomic E-state index is -0.797. The van der Waals surface area contributed by atoms with E-state index in [4.69, 9.17) is 5.11 Å². The molecule has 0 aliphatic rings. The highest BCUT2D eigenvalue weighted by Gasteiger charge is 2.12. The van der Waals surface area contributed by atoms with Crippen molar-refractivity contribution in [2.75, 3.05) is 5.43 Å². The molecular weight excluding hydrogens is 252 g/mol. The zero-order valence-electron chi connectivity index (χ0n) is 12.1. The van der Waals surface area contributed by atoms with Crippen LogP contribution in [0.1, 0.15) is 35.4 Å². The van der Waals surface area contributed by atoms with Gasteiger partial charge in [-0.1, -0.05) is 24.3 Å². The van der Waals surface area contributed by atoms with Gasteiger partial charge in [-0.25, -0.2) is 0 Å². The molecule has 2 aromatic rings. The van der Waals surface area contributed by atoms with Crippen molar-refractivity contribution >= 4 is 5.97 Å². The van der Waals surface area contributed by atoms with Gasteiger partial charge < -0.3 is 10.5 Å². The highest BCUT2D eigenvalue weighted by atomic mass is 16.4. The first kappa shape index (κ1) is 14.2. The van der Waals surface area contributed by atoms with Crippen molar-refractivity contribution in [3.8, 4) is 0 Å². The van der Waals surface area contributed by atoms with E-state index in [0.29, 0.717) is 6.54 Å². The molecule has 0 aliphatic carbocycles. The minimum Gasteiger partial charge on any atom is -0.481 e. The molecule has 1 aromatic heterocycles. The molecule has 0 saturated heterocycles. The zero-order valence-corrected chi connectivity index (χ0v) is 12.1. The number of carboxylic acid groups (broad SMARTS) is 1. The first-order chi connectivity index (χ1) is 9.49. The van der Waals surface area contributed by atoms with Crippen LogP contribution < -0.4 is 5.43 Å². The molecule has 0 bridgehead atoms. The maximum Gasteiger partial charge on any atom is 0.310 e. The van der Waals surface area contributed by atoms with Crippen LogP contribution >= 0.6 is 0 Å². The summed E-state index contributed by atoms with van der Waals surface area (Å²) in [5.41, 5.74) is 7.63. The van der Waals surface area contributed by atoms with Gasteiger partial charge in [0.1, 0.15) is 0 Å². The number of hydrogen-bond acceptors (Lipinski definition) is 2. The second kappa shape index (κ2) is 5.82. The van der Waals surface area contributed by atoms with Gasteiger partial charge in [0.05, 0.1) is 12.5 Å². The van der Waals surface area contributed by atoms with Crippen LogP contribution in [0.3, 0.4) is 0 Å². The van der Waals surface area contributed by atoms with Crippen LogP contribution in [0.15, 0.2) is 36.4 Å². The number of nitrogens with one attached hydrogen (secondary N) is 1. The molecule has 0 spiro atoms. The quantitative estimate of drug-likeness (QED) is 0.879. The standard InChI is InChI=1S/C16H20N2O2/c1-11-4-5-12(2)18(11)17-10-14-6-8-15(9-7-14)13(3)16(19)20/h4-9,13,17H,10H2,1-3H3,(H,19,20). The van der Waals surface area contributed by atoms with Gasteiger partial charge in [-0.3, -0.25) is 9.47 Å². The minimum absolute atomic E-state index is 0.467. The molecule has 4 nitrogen and oxygen atoms in total. The fourth-order valence-corrected chi connectivity index (χ4v) is 2.15. The summed E-state index contributed by atoms with van der Waals surface area (Å²) >= 11 is 0. The number of carbonyl (C=O) groups is 1. The van der Waals surface area contributed by atoms with Gasteiger partial charge >= 0.3 is 5.97 Å². The maximum absolute atomic E-state index is 10.9. The molecule has 106 valence electrons. The molecule has 1 unspecified atom stereocenters. The Hall–Kier alpha value is -2.23. The van der Waals surface area contributed by atoms with Gasteiger partial charge in [0.25, 0.3) is 0 Å². The smallest absolute Gasteiger partial charge is 0.310 e. The van der Waals surface area contributed by atoms with E-state index < -0.39 is 11.9 Å². The van der Waals surface area contributed by atoms with E-state index in [9.17, 15) is 4.79 Å². The fourth-order valence-electron chi connectivity index (χ4n) is 2.15. The van der Waals surface area contributed by atoms with Gasteiger partial charge in [-0.2, -0.15) is 0 Å². The lowest BCUT2D eigenvalue weighted by Crippen LogP contribution is -2.17. The molecule has 1 heterocycles. The van der Waals surface area contributed by atoms with Crippen LogP contribution in [-0.4, -0.2) is 15.8 Å². The number of carboxylic acids is 1. The van der Waals surface area contributed by atoms with E-state index in [1.54, 1.807) is 6.92 Å². The van der Waals surface area contributed by atoms with E-state index in [1.807, 2.05) is 28.9 Å². The van der Waals surface area contributed by atoms with Crippen molar-refractivity contribution in [3.05, 3.63) is 58.9 Å². The van der Waals surface area contributed by atoms with E-state index in [1.165, 1.54) is 11.4 Å². The van der Waals surface area contributed by atoms with Gasteiger partial charge in [0.15, 0.2) is 0 Å². The van der Waals surface area contributed by atoms with Crippen molar-refractivity contribution in [1.29, 1.82) is 0 Å². The van der Waals surface area contributed by atoms with Crippen molar-refractivity contribution in [1.82, 2.24) is 4.68 Å². The Bertz CT molecular complexity index is 580. The van der Waals surface area contributed by atoms with Crippen LogP contribution in [0.5, 0.6) is 0 Å². The average molecular weight is 272 g/mol. The Morgan fingerprint density at radius 3 is 2.20 bits per heavy atom. The molecule has 1 atom stereocenters. The van der Waals surface area contributed by atoms with Crippen molar-refractivity contribution in [2.24, 2.45) is 0 Å². The molecule has 1 aromatic carbocycles. The highest BCUT2D eigenvalue weighted by Crippen LogP contribution is 2.16. The summed E-state index contributed by atoms with van der Waals surface area (Å²) < 4.78 is 2.05. The number of aromatic nitrogens is 1. The summed E-state index contributed by atoms with van der Waals surface area (Å²) in [7, 11) is 0. The SMILES string of the molecule is Cc1ccc(C)n1NCc1ccc(C(C)C(=O)O)cc1. The van der Waals surface area contributed by atoms with Crippen LogP contribution in [0, 0.1) is 13.8 Å². The van der Waals surface area contributed by atoms with E-state index in [0.717, 1.165) is 11.1 Å². The summed E-state index contributed by atoms with van der Waals surface area (Å²) in [6, 6.07) is 11.8. The number of aliphatic carboxylic acids is 1. The van der Waals surface area contributed by atoms with Crippen LogP contribution in [-0.2, 0) is 11.3 Å². The lowest BCUT2D eigenvalue weighted by molar-refractivity contribution is -0.138. The predicted molar refractivity (Wildman–Crippen MR) is 79.5 cm³/mol. The topological polar surface area (TPSA) is 54.3 Å². The Balaban J connectivity index is 2.03. The maximum atomic E-state index is 10.9. The monoisotopic (exact) mass is 272 g/mol. The molecule has 2 rings (SSSR count). The largest absolute Gasteiger partial charge is 0.481 e. The fraction of sp³-hybridized carbons (Fsp3) is 0.312. The molecule has 0 fully saturated rings. The van der Waals surface area contributed by atoms with Gasteiger partial charge in [-0.05, 0) is 44.0 Å². The molecule has 0 saturated carbocycles. The zero-order chi connectivity index (χ0) is 14.7. The molecule has 4 heteroatoms. The second-order valence-electron chi connectivity index (χ2n) is 5.09.